The van der Waals surface area contributed by atoms with Gasteiger partial charge in [-0.3, -0.25) is 0 Å². The second kappa shape index (κ2) is 8.26. The van der Waals surface area contributed by atoms with Crippen LogP contribution in [-0.2, 0) is 14.3 Å². The minimum atomic E-state index is -0.678. The molecule has 0 saturated heterocycles. The third-order valence-corrected chi connectivity index (χ3v) is 10.7. The molecule has 0 spiro atoms. The van der Waals surface area contributed by atoms with Gasteiger partial charge in [0.25, 0.3) is 0 Å². The van der Waals surface area contributed by atoms with Crippen LogP contribution in [0.5, 0.6) is 0 Å². The number of rotatable bonds is 4. The Bertz CT molecular complexity index is 845. The smallest absolute Gasteiger partial charge is 0.407 e. The predicted octanol–water partition coefficient (Wildman–Crippen LogP) is 3.30. The number of carbonyl (C=O) groups is 2. The van der Waals surface area contributed by atoms with Crippen molar-refractivity contribution in [2.75, 3.05) is 19.8 Å². The Labute approximate surface area is 196 Å². The van der Waals surface area contributed by atoms with Crippen molar-refractivity contribution in [3.63, 3.8) is 0 Å². The predicted molar refractivity (Wildman–Crippen MR) is 123 cm³/mol. The number of fused-ring (bicyclic) bond motifs is 5. The molecule has 1 heterocycles. The number of hydrogen-bond acceptors (Lipinski definition) is 6. The lowest BCUT2D eigenvalue weighted by molar-refractivity contribution is -0.204. The molecule has 0 unspecified atom stereocenters. The van der Waals surface area contributed by atoms with Crippen molar-refractivity contribution in [2.24, 2.45) is 40.2 Å². The SMILES string of the molecule is C[C@]12CC[C@H](NC(=O)OCCN)C[C@H]1CC[C@@H]1[C@@H]2CC[C@]2(C)[C@@H](C3=CC(=O)OC3)CC[C@]12O. The summed E-state index contributed by atoms with van der Waals surface area (Å²) in [6.07, 6.45) is 10.4. The van der Waals surface area contributed by atoms with Gasteiger partial charge in [-0.15, -0.1) is 0 Å². The van der Waals surface area contributed by atoms with E-state index in [9.17, 15) is 14.7 Å². The lowest BCUT2D eigenvalue weighted by atomic mass is 9.43. The number of ether oxygens (including phenoxy) is 2. The second-order valence-electron chi connectivity index (χ2n) is 11.8. The van der Waals surface area contributed by atoms with E-state index in [0.29, 0.717) is 30.9 Å². The van der Waals surface area contributed by atoms with Crippen LogP contribution < -0.4 is 11.1 Å². The van der Waals surface area contributed by atoms with Crippen molar-refractivity contribution in [1.29, 1.82) is 0 Å². The number of hydrogen-bond donors (Lipinski definition) is 3. The maximum absolute atomic E-state index is 12.3. The summed E-state index contributed by atoms with van der Waals surface area (Å²) in [6.45, 7) is 5.70. The summed E-state index contributed by atoms with van der Waals surface area (Å²) in [5.41, 5.74) is 5.85. The maximum Gasteiger partial charge on any atom is 0.407 e. The summed E-state index contributed by atoms with van der Waals surface area (Å²) >= 11 is 0. The number of cyclic esters (lactones) is 1. The van der Waals surface area contributed by atoms with Crippen LogP contribution in [0.2, 0.25) is 0 Å². The Morgan fingerprint density at radius 1 is 1.18 bits per heavy atom. The van der Waals surface area contributed by atoms with Gasteiger partial charge in [-0.05, 0) is 92.4 Å². The summed E-state index contributed by atoms with van der Waals surface area (Å²) < 4.78 is 10.4. The first-order valence-electron chi connectivity index (χ1n) is 12.9. The minimum Gasteiger partial charge on any atom is -0.458 e. The molecule has 0 aromatic carbocycles. The van der Waals surface area contributed by atoms with Crippen molar-refractivity contribution in [1.82, 2.24) is 5.32 Å². The highest BCUT2D eigenvalue weighted by Gasteiger charge is 2.67. The molecule has 0 radical (unpaired) electrons. The minimum absolute atomic E-state index is 0.157. The van der Waals surface area contributed by atoms with E-state index in [1.54, 1.807) is 6.08 Å². The van der Waals surface area contributed by atoms with E-state index < -0.39 is 5.60 Å². The zero-order valence-electron chi connectivity index (χ0n) is 20.1. The first kappa shape index (κ1) is 23.2. The molecule has 33 heavy (non-hydrogen) atoms. The highest BCUT2D eigenvalue weighted by Crippen LogP contribution is 2.69. The molecule has 184 valence electrons. The van der Waals surface area contributed by atoms with E-state index in [-0.39, 0.29) is 41.5 Å². The van der Waals surface area contributed by atoms with Crippen LogP contribution >= 0.6 is 0 Å². The summed E-state index contributed by atoms with van der Waals surface area (Å²) in [7, 11) is 0. The third-order valence-electron chi connectivity index (χ3n) is 10.7. The molecule has 4 aliphatic carbocycles. The molecule has 0 bridgehead atoms. The van der Waals surface area contributed by atoms with Crippen LogP contribution in [-0.4, -0.2) is 48.6 Å². The van der Waals surface area contributed by atoms with Gasteiger partial charge >= 0.3 is 12.1 Å². The number of nitrogens with two attached hydrogens (primary N) is 1. The number of aliphatic hydroxyl groups is 1. The van der Waals surface area contributed by atoms with Gasteiger partial charge in [0.15, 0.2) is 0 Å². The van der Waals surface area contributed by atoms with E-state index in [4.69, 9.17) is 15.2 Å². The average molecular weight is 461 g/mol. The van der Waals surface area contributed by atoms with Crippen LogP contribution in [0.3, 0.4) is 0 Å². The molecule has 7 heteroatoms. The first-order chi connectivity index (χ1) is 15.7. The Balaban J connectivity index is 1.31. The molecule has 4 fully saturated rings. The van der Waals surface area contributed by atoms with Gasteiger partial charge in [-0.25, -0.2) is 9.59 Å². The zero-order valence-corrected chi connectivity index (χ0v) is 20.1. The lowest BCUT2D eigenvalue weighted by Crippen LogP contribution is -2.62. The first-order valence-corrected chi connectivity index (χ1v) is 12.9. The molecular formula is C26H40N2O5. The Morgan fingerprint density at radius 2 is 2.00 bits per heavy atom. The fourth-order valence-corrected chi connectivity index (χ4v) is 8.90. The molecule has 5 rings (SSSR count). The number of nitrogens with one attached hydrogen (secondary N) is 1. The molecule has 8 atom stereocenters. The van der Waals surface area contributed by atoms with Crippen molar-refractivity contribution >= 4 is 12.1 Å². The van der Waals surface area contributed by atoms with E-state index >= 15 is 0 Å². The number of esters is 1. The Hall–Kier alpha value is -1.60. The van der Waals surface area contributed by atoms with E-state index in [0.717, 1.165) is 63.4 Å². The quantitative estimate of drug-likeness (QED) is 0.555. The normalized spacial score (nSPS) is 46.5. The number of carbonyl (C=O) groups excluding carboxylic acids is 2. The lowest BCUT2D eigenvalue weighted by Gasteiger charge is -2.63. The van der Waals surface area contributed by atoms with Gasteiger partial charge in [0, 0.05) is 24.1 Å². The van der Waals surface area contributed by atoms with Crippen LogP contribution in [0.15, 0.2) is 11.6 Å². The van der Waals surface area contributed by atoms with E-state index in [2.05, 4.69) is 19.2 Å². The Morgan fingerprint density at radius 3 is 2.73 bits per heavy atom. The largest absolute Gasteiger partial charge is 0.458 e. The summed E-state index contributed by atoms with van der Waals surface area (Å²) in [5, 5.41) is 15.3. The molecule has 0 aromatic rings. The van der Waals surface area contributed by atoms with Crippen molar-refractivity contribution in [3.8, 4) is 0 Å². The van der Waals surface area contributed by atoms with E-state index in [1.165, 1.54) is 0 Å². The molecule has 4 N–H and O–H groups in total. The molecule has 1 aliphatic heterocycles. The maximum atomic E-state index is 12.3. The fraction of sp³-hybridized carbons (Fsp3) is 0.846. The van der Waals surface area contributed by atoms with Gasteiger partial charge in [-0.2, -0.15) is 0 Å². The third kappa shape index (κ3) is 3.53. The fourth-order valence-electron chi connectivity index (χ4n) is 8.90. The summed E-state index contributed by atoms with van der Waals surface area (Å²) in [6, 6.07) is 0.157. The van der Waals surface area contributed by atoms with Gasteiger partial charge < -0.3 is 25.6 Å². The topological polar surface area (TPSA) is 111 Å². The van der Waals surface area contributed by atoms with Crippen molar-refractivity contribution in [2.45, 2.75) is 83.3 Å². The molecule has 7 nitrogen and oxygen atoms in total. The van der Waals surface area contributed by atoms with Crippen LogP contribution in [0.25, 0.3) is 0 Å². The van der Waals surface area contributed by atoms with Crippen molar-refractivity contribution in [3.05, 3.63) is 11.6 Å². The van der Waals surface area contributed by atoms with Crippen molar-refractivity contribution < 1.29 is 24.2 Å². The van der Waals surface area contributed by atoms with Gasteiger partial charge in [-0.1, -0.05) is 13.8 Å². The standard InChI is InChI=1S/C26H40N2O5/c1-24-8-5-18(28-23(30)32-12-11-27)14-17(24)3-4-21-20(24)6-9-25(2)19(7-10-26(21,25)31)16-13-22(29)33-15-16/h13,17-21,31H,3-12,14-15,27H2,1-2H3,(H,28,30)/t17-,18+,19-,20+,21-,24+,25-,26+/m1/s1. The summed E-state index contributed by atoms with van der Waals surface area (Å²) in [4.78, 5) is 23.8. The number of alkyl carbamates (subject to hydrolysis) is 1. The van der Waals surface area contributed by atoms with E-state index in [1.807, 2.05) is 0 Å². The van der Waals surface area contributed by atoms with Gasteiger partial charge in [0.2, 0.25) is 0 Å². The molecule has 4 saturated carbocycles. The van der Waals surface area contributed by atoms with Gasteiger partial charge in [0.1, 0.15) is 13.2 Å². The number of amides is 1. The van der Waals surface area contributed by atoms with Crippen LogP contribution in [0.4, 0.5) is 4.79 Å². The average Bonchev–Trinajstić information content (AvgIpc) is 3.32. The van der Waals surface area contributed by atoms with Crippen LogP contribution in [0.1, 0.15) is 71.6 Å². The highest BCUT2D eigenvalue weighted by atomic mass is 16.5. The van der Waals surface area contributed by atoms with Crippen LogP contribution in [0, 0.1) is 34.5 Å². The molecular weight excluding hydrogens is 420 g/mol. The molecule has 1 amide bonds. The highest BCUT2D eigenvalue weighted by molar-refractivity contribution is 5.85. The Kier molecular flexibility index (Phi) is 5.80. The summed E-state index contributed by atoms with van der Waals surface area (Å²) in [5.74, 6) is 1.37. The second-order valence-corrected chi connectivity index (χ2v) is 11.8. The molecule has 5 aliphatic rings. The monoisotopic (exact) mass is 460 g/mol. The zero-order chi connectivity index (χ0) is 23.4. The molecule has 0 aromatic heterocycles. The van der Waals surface area contributed by atoms with Gasteiger partial charge in [0.05, 0.1) is 5.60 Å².